The van der Waals surface area contributed by atoms with Gasteiger partial charge in [-0.1, -0.05) is 172 Å². The Labute approximate surface area is 327 Å². The van der Waals surface area contributed by atoms with Gasteiger partial charge >= 0.3 is 7.82 Å². The summed E-state index contributed by atoms with van der Waals surface area (Å²) in [6, 6.07) is -0.865. The van der Waals surface area contributed by atoms with E-state index in [2.05, 4.69) is 43.5 Å². The standard InChI is InChI=1S/C44H85N2O6P/c1-6-8-10-12-14-16-18-20-22-24-25-27-29-31-33-35-37-43(47)42(41-52-53(49,50)51-40-39-46(3,4)5)45-44(48)38-36-34-32-30-28-26-23-21-19-17-15-13-11-9-7-2/h20,22,27,29,35,37,42-43,47H,6-19,21,23-26,28,30-34,36,38-41H2,1-5H3,(H-,45,48,49,50)/p+1/b22-20+,29-27+,37-35+. The molecular formula is C44H86N2O6P+. The molecule has 0 saturated carbocycles. The summed E-state index contributed by atoms with van der Waals surface area (Å²) in [6.07, 6.45) is 43.5. The number of phosphoric ester groups is 1. The Morgan fingerprint density at radius 1 is 0.623 bits per heavy atom. The van der Waals surface area contributed by atoms with Crippen molar-refractivity contribution < 1.29 is 32.9 Å². The third kappa shape index (κ3) is 38.8. The number of unbranched alkanes of at least 4 members (excludes halogenated alkanes) is 22. The minimum atomic E-state index is -4.34. The van der Waals surface area contributed by atoms with E-state index in [1.807, 2.05) is 27.2 Å². The largest absolute Gasteiger partial charge is 0.472 e. The van der Waals surface area contributed by atoms with E-state index in [-0.39, 0.29) is 19.1 Å². The van der Waals surface area contributed by atoms with Crippen LogP contribution in [0.2, 0.25) is 0 Å². The van der Waals surface area contributed by atoms with Gasteiger partial charge in [-0.15, -0.1) is 0 Å². The Kier molecular flexibility index (Phi) is 35.5. The molecule has 0 radical (unpaired) electrons. The van der Waals surface area contributed by atoms with Crippen molar-refractivity contribution in [1.29, 1.82) is 0 Å². The fraction of sp³-hybridized carbons (Fsp3) is 0.841. The van der Waals surface area contributed by atoms with Crippen LogP contribution in [0.25, 0.3) is 0 Å². The van der Waals surface area contributed by atoms with Gasteiger partial charge in [0.1, 0.15) is 13.2 Å². The zero-order valence-electron chi connectivity index (χ0n) is 35.3. The lowest BCUT2D eigenvalue weighted by Crippen LogP contribution is -2.45. The van der Waals surface area contributed by atoms with Gasteiger partial charge in [0.2, 0.25) is 5.91 Å². The Hall–Kier alpha value is -1.28. The van der Waals surface area contributed by atoms with Crippen LogP contribution < -0.4 is 5.32 Å². The molecule has 0 aliphatic rings. The first-order chi connectivity index (χ1) is 25.5. The minimum absolute atomic E-state index is 0.0545. The molecule has 3 atom stereocenters. The summed E-state index contributed by atoms with van der Waals surface area (Å²) in [5.74, 6) is -0.191. The van der Waals surface area contributed by atoms with Crippen molar-refractivity contribution in [1.82, 2.24) is 5.32 Å². The molecule has 9 heteroatoms. The predicted octanol–water partition coefficient (Wildman–Crippen LogP) is 11.9. The van der Waals surface area contributed by atoms with Gasteiger partial charge in [0, 0.05) is 6.42 Å². The molecule has 0 bridgehead atoms. The van der Waals surface area contributed by atoms with Crippen molar-refractivity contribution in [3.63, 3.8) is 0 Å². The quantitative estimate of drug-likeness (QED) is 0.0249. The zero-order chi connectivity index (χ0) is 39.3. The van der Waals surface area contributed by atoms with Crippen molar-refractivity contribution in [2.24, 2.45) is 0 Å². The number of hydrogen-bond acceptors (Lipinski definition) is 5. The number of rotatable bonds is 39. The lowest BCUT2D eigenvalue weighted by Gasteiger charge is -2.25. The van der Waals surface area contributed by atoms with Crippen molar-refractivity contribution in [3.8, 4) is 0 Å². The van der Waals surface area contributed by atoms with Gasteiger partial charge in [0.25, 0.3) is 0 Å². The van der Waals surface area contributed by atoms with Crippen LogP contribution in [0.4, 0.5) is 0 Å². The second-order valence-corrected chi connectivity index (χ2v) is 17.5. The van der Waals surface area contributed by atoms with E-state index in [1.54, 1.807) is 6.08 Å². The maximum atomic E-state index is 12.8. The molecule has 0 spiro atoms. The molecule has 0 heterocycles. The van der Waals surface area contributed by atoms with Crippen molar-refractivity contribution in [2.45, 2.75) is 199 Å². The summed E-state index contributed by atoms with van der Waals surface area (Å²) >= 11 is 0. The van der Waals surface area contributed by atoms with Crippen LogP contribution >= 0.6 is 7.82 Å². The second kappa shape index (κ2) is 36.4. The summed E-state index contributed by atoms with van der Waals surface area (Å²) in [7, 11) is 1.55. The van der Waals surface area contributed by atoms with Gasteiger partial charge in [-0.3, -0.25) is 13.8 Å². The molecule has 0 aromatic rings. The fourth-order valence-corrected chi connectivity index (χ4v) is 6.81. The van der Waals surface area contributed by atoms with Crippen LogP contribution in [0, 0.1) is 0 Å². The Morgan fingerprint density at radius 3 is 1.51 bits per heavy atom. The molecule has 0 saturated heterocycles. The lowest BCUT2D eigenvalue weighted by atomic mass is 10.0. The average molecular weight is 770 g/mol. The van der Waals surface area contributed by atoms with Crippen LogP contribution in [0.1, 0.15) is 187 Å². The zero-order valence-corrected chi connectivity index (χ0v) is 36.1. The van der Waals surface area contributed by atoms with Crippen LogP contribution in [-0.4, -0.2) is 73.4 Å². The number of nitrogens with one attached hydrogen (secondary N) is 1. The maximum absolute atomic E-state index is 12.8. The monoisotopic (exact) mass is 770 g/mol. The highest BCUT2D eigenvalue weighted by molar-refractivity contribution is 7.47. The molecular weight excluding hydrogens is 683 g/mol. The van der Waals surface area contributed by atoms with Gasteiger partial charge in [-0.2, -0.15) is 0 Å². The van der Waals surface area contributed by atoms with Crippen LogP contribution in [0.15, 0.2) is 36.5 Å². The Bertz CT molecular complexity index is 964. The molecule has 312 valence electrons. The molecule has 3 N–H and O–H groups in total. The highest BCUT2D eigenvalue weighted by atomic mass is 31.2. The average Bonchev–Trinajstić information content (AvgIpc) is 3.10. The number of phosphoric acid groups is 1. The first-order valence-corrected chi connectivity index (χ1v) is 23.4. The molecule has 0 aliphatic carbocycles. The van der Waals surface area contributed by atoms with E-state index in [0.29, 0.717) is 17.4 Å². The summed E-state index contributed by atoms with van der Waals surface area (Å²) in [6.45, 7) is 4.77. The number of nitrogens with zero attached hydrogens (tertiary/aromatic N) is 1. The van der Waals surface area contributed by atoms with Gasteiger partial charge in [-0.25, -0.2) is 4.57 Å². The number of carbonyl (C=O) groups excluding carboxylic acids is 1. The highest BCUT2D eigenvalue weighted by Crippen LogP contribution is 2.43. The predicted molar refractivity (Wildman–Crippen MR) is 226 cm³/mol. The number of aliphatic hydroxyl groups is 1. The Balaban J connectivity index is 4.52. The minimum Gasteiger partial charge on any atom is -0.387 e. The number of hydrogen-bond donors (Lipinski definition) is 3. The molecule has 0 fully saturated rings. The van der Waals surface area contributed by atoms with Gasteiger partial charge in [-0.05, 0) is 44.9 Å². The van der Waals surface area contributed by atoms with Crippen LogP contribution in [0.3, 0.4) is 0 Å². The number of likely N-dealkylation sites (N-methyl/N-ethyl adjacent to an activating group) is 1. The summed E-state index contributed by atoms with van der Waals surface area (Å²) < 4.78 is 23.5. The molecule has 53 heavy (non-hydrogen) atoms. The summed E-state index contributed by atoms with van der Waals surface area (Å²) in [5.41, 5.74) is 0. The number of allylic oxidation sites excluding steroid dienone is 5. The van der Waals surface area contributed by atoms with Crippen LogP contribution in [0.5, 0.6) is 0 Å². The summed E-state index contributed by atoms with van der Waals surface area (Å²) in [4.78, 5) is 23.1. The summed E-state index contributed by atoms with van der Waals surface area (Å²) in [5, 5.41) is 13.8. The van der Waals surface area contributed by atoms with Gasteiger partial charge in [0.15, 0.2) is 0 Å². The van der Waals surface area contributed by atoms with Gasteiger partial charge in [0.05, 0.1) is 39.9 Å². The van der Waals surface area contributed by atoms with Crippen molar-refractivity contribution in [2.75, 3.05) is 40.9 Å². The molecule has 0 aromatic carbocycles. The Morgan fingerprint density at radius 2 is 1.04 bits per heavy atom. The van der Waals surface area contributed by atoms with Crippen LogP contribution in [-0.2, 0) is 18.4 Å². The van der Waals surface area contributed by atoms with E-state index in [9.17, 15) is 19.4 Å². The van der Waals surface area contributed by atoms with E-state index in [1.165, 1.54) is 122 Å². The van der Waals surface area contributed by atoms with E-state index in [4.69, 9.17) is 9.05 Å². The smallest absolute Gasteiger partial charge is 0.387 e. The SMILES string of the molecule is CCCCCCCC/C=C/CC/C=C/CC/C=C/C(O)C(COP(=O)(O)OCC[N+](C)(C)C)NC(=O)CCCCCCCCCCCCCCCCC. The lowest BCUT2D eigenvalue weighted by molar-refractivity contribution is -0.870. The van der Waals surface area contributed by atoms with Crippen molar-refractivity contribution >= 4 is 13.7 Å². The molecule has 3 unspecified atom stereocenters. The highest BCUT2D eigenvalue weighted by Gasteiger charge is 2.27. The number of amides is 1. The molecule has 0 rings (SSSR count). The van der Waals surface area contributed by atoms with Crippen molar-refractivity contribution in [3.05, 3.63) is 36.5 Å². The normalized spacial score (nSPS) is 14.8. The molecule has 8 nitrogen and oxygen atoms in total. The molecule has 0 aromatic heterocycles. The second-order valence-electron chi connectivity index (χ2n) is 16.1. The fourth-order valence-electron chi connectivity index (χ4n) is 6.07. The number of aliphatic hydroxyl groups excluding tert-OH is 1. The maximum Gasteiger partial charge on any atom is 0.472 e. The first kappa shape index (κ1) is 51.7. The van der Waals surface area contributed by atoms with E-state index < -0.39 is 20.0 Å². The van der Waals surface area contributed by atoms with Gasteiger partial charge < -0.3 is 19.8 Å². The topological polar surface area (TPSA) is 105 Å². The number of carbonyl (C=O) groups is 1. The molecule has 0 aliphatic heterocycles. The number of quaternary nitrogens is 1. The van der Waals surface area contributed by atoms with E-state index in [0.717, 1.165) is 44.9 Å². The third-order valence-corrected chi connectivity index (χ3v) is 10.6. The third-order valence-electron chi connectivity index (χ3n) is 9.59. The molecule has 1 amide bonds. The van der Waals surface area contributed by atoms with E-state index >= 15 is 0 Å². The first-order valence-electron chi connectivity index (χ1n) is 21.9.